The summed E-state index contributed by atoms with van der Waals surface area (Å²) in [5.74, 6) is -0.0616. The number of thiocarbonyl (C=S) groups is 1. The Morgan fingerprint density at radius 2 is 1.91 bits per heavy atom. The Labute approximate surface area is 134 Å². The van der Waals surface area contributed by atoms with Gasteiger partial charge in [0.15, 0.2) is 5.11 Å². The van der Waals surface area contributed by atoms with Gasteiger partial charge in [0, 0.05) is 17.3 Å². The normalized spacial score (nSPS) is 10.6. The number of nitrogens with one attached hydrogen (secondary N) is 2. The summed E-state index contributed by atoms with van der Waals surface area (Å²) in [5.41, 5.74) is 6.33. The van der Waals surface area contributed by atoms with Crippen LogP contribution in [0.1, 0.15) is 16.7 Å². The molecule has 5 nitrogen and oxygen atoms in total. The molecule has 0 unspecified atom stereocenters. The van der Waals surface area contributed by atoms with Crippen molar-refractivity contribution in [2.75, 3.05) is 5.32 Å². The highest BCUT2D eigenvalue weighted by Gasteiger charge is 2.01. The highest BCUT2D eigenvalue weighted by Crippen LogP contribution is 2.20. The molecule has 4 N–H and O–H groups in total. The number of aromatic hydroxyl groups is 2. The highest BCUT2D eigenvalue weighted by atomic mass is 32.1. The lowest BCUT2D eigenvalue weighted by atomic mass is 10.1. The van der Waals surface area contributed by atoms with E-state index in [0.717, 1.165) is 11.3 Å². The van der Waals surface area contributed by atoms with E-state index in [2.05, 4.69) is 21.9 Å². The van der Waals surface area contributed by atoms with Crippen molar-refractivity contribution >= 4 is 29.2 Å². The van der Waals surface area contributed by atoms with Crippen LogP contribution in [0.3, 0.4) is 0 Å². The van der Waals surface area contributed by atoms with E-state index in [1.54, 1.807) is 6.07 Å². The number of phenolic OH excluding ortho intramolecular Hbond substituents is 2. The molecule has 0 amide bonds. The van der Waals surface area contributed by atoms with Gasteiger partial charge in [0.2, 0.25) is 0 Å². The fourth-order valence-corrected chi connectivity index (χ4v) is 2.07. The third kappa shape index (κ3) is 4.20. The van der Waals surface area contributed by atoms with Gasteiger partial charge < -0.3 is 15.5 Å². The Morgan fingerprint density at radius 1 is 1.14 bits per heavy atom. The van der Waals surface area contributed by atoms with Crippen molar-refractivity contribution in [3.8, 4) is 11.5 Å². The first kappa shape index (κ1) is 15.8. The first-order valence-corrected chi connectivity index (χ1v) is 7.06. The zero-order valence-electron chi connectivity index (χ0n) is 12.3. The number of hydrogen-bond acceptors (Lipinski definition) is 4. The highest BCUT2D eigenvalue weighted by molar-refractivity contribution is 7.80. The molecule has 0 aromatic heterocycles. The fourth-order valence-electron chi connectivity index (χ4n) is 1.91. The van der Waals surface area contributed by atoms with Crippen LogP contribution in [0.4, 0.5) is 5.69 Å². The van der Waals surface area contributed by atoms with Crippen LogP contribution in [0.2, 0.25) is 0 Å². The third-order valence-electron chi connectivity index (χ3n) is 3.01. The Kier molecular flexibility index (Phi) is 4.95. The van der Waals surface area contributed by atoms with E-state index in [9.17, 15) is 10.2 Å². The summed E-state index contributed by atoms with van der Waals surface area (Å²) >= 11 is 5.16. The molecule has 0 aliphatic carbocycles. The molecular formula is C16H17N3O2S. The van der Waals surface area contributed by atoms with Crippen LogP contribution in [0.25, 0.3) is 0 Å². The van der Waals surface area contributed by atoms with E-state index in [4.69, 9.17) is 12.2 Å². The zero-order valence-corrected chi connectivity index (χ0v) is 13.1. The Bertz CT molecular complexity index is 729. The van der Waals surface area contributed by atoms with Crippen LogP contribution in [0.5, 0.6) is 11.5 Å². The average Bonchev–Trinajstić information content (AvgIpc) is 2.44. The minimum absolute atomic E-state index is 0.00496. The van der Waals surface area contributed by atoms with Crippen molar-refractivity contribution in [2.45, 2.75) is 13.8 Å². The molecule has 0 atom stereocenters. The lowest BCUT2D eigenvalue weighted by molar-refractivity contribution is 0.450. The molecule has 0 aliphatic heterocycles. The van der Waals surface area contributed by atoms with Crippen LogP contribution in [-0.2, 0) is 0 Å². The maximum Gasteiger partial charge on any atom is 0.191 e. The Morgan fingerprint density at radius 3 is 2.59 bits per heavy atom. The number of hydrogen-bond donors (Lipinski definition) is 4. The molecule has 22 heavy (non-hydrogen) atoms. The lowest BCUT2D eigenvalue weighted by Gasteiger charge is -2.10. The van der Waals surface area contributed by atoms with Gasteiger partial charge in [0.05, 0.1) is 6.21 Å². The number of nitrogens with zero attached hydrogens (tertiary/aromatic N) is 1. The molecule has 2 aromatic rings. The molecular weight excluding hydrogens is 298 g/mol. The SMILES string of the molecule is Cc1ccc(NC(=S)NN=Cc2ccc(O)cc2O)c(C)c1. The van der Waals surface area contributed by atoms with Gasteiger partial charge in [0.25, 0.3) is 0 Å². The minimum atomic E-state index is -0.0567. The van der Waals surface area contributed by atoms with E-state index >= 15 is 0 Å². The van der Waals surface area contributed by atoms with Crippen molar-refractivity contribution in [3.05, 3.63) is 53.1 Å². The van der Waals surface area contributed by atoms with E-state index in [1.807, 2.05) is 26.0 Å². The second-order valence-electron chi connectivity index (χ2n) is 4.89. The van der Waals surface area contributed by atoms with Crippen LogP contribution in [0.15, 0.2) is 41.5 Å². The zero-order chi connectivity index (χ0) is 16.1. The van der Waals surface area contributed by atoms with Gasteiger partial charge in [-0.2, -0.15) is 5.10 Å². The summed E-state index contributed by atoms with van der Waals surface area (Å²) < 4.78 is 0. The molecule has 2 aromatic carbocycles. The van der Waals surface area contributed by atoms with E-state index < -0.39 is 0 Å². The number of anilines is 1. The lowest BCUT2D eigenvalue weighted by Crippen LogP contribution is -2.24. The smallest absolute Gasteiger partial charge is 0.191 e. The molecule has 0 heterocycles. The second kappa shape index (κ2) is 6.91. The summed E-state index contributed by atoms with van der Waals surface area (Å²) in [6.07, 6.45) is 1.42. The summed E-state index contributed by atoms with van der Waals surface area (Å²) in [5, 5.41) is 26.2. The number of rotatable bonds is 3. The fraction of sp³-hybridized carbons (Fsp3) is 0.125. The van der Waals surface area contributed by atoms with Crippen molar-refractivity contribution in [1.82, 2.24) is 5.43 Å². The third-order valence-corrected chi connectivity index (χ3v) is 3.21. The predicted octanol–water partition coefficient (Wildman–Crippen LogP) is 3.04. The molecule has 0 aliphatic rings. The number of aryl methyl sites for hydroxylation is 2. The minimum Gasteiger partial charge on any atom is -0.508 e. The van der Waals surface area contributed by atoms with Crippen molar-refractivity contribution in [3.63, 3.8) is 0 Å². The standard InChI is InChI=1S/C16H17N3O2S/c1-10-3-6-14(11(2)7-10)18-16(22)19-17-9-12-4-5-13(20)8-15(12)21/h3-9,20-21H,1-2H3,(H2,18,19,22). The summed E-state index contributed by atoms with van der Waals surface area (Å²) in [6.45, 7) is 4.03. The first-order chi connectivity index (χ1) is 10.5. The van der Waals surface area contributed by atoms with E-state index in [1.165, 1.54) is 23.9 Å². The average molecular weight is 315 g/mol. The number of hydrazone groups is 1. The molecule has 0 spiro atoms. The van der Waals surface area contributed by atoms with Gasteiger partial charge in [0.1, 0.15) is 11.5 Å². The Balaban J connectivity index is 1.96. The molecule has 6 heteroatoms. The second-order valence-corrected chi connectivity index (χ2v) is 5.29. The van der Waals surface area contributed by atoms with Crippen LogP contribution in [0, 0.1) is 13.8 Å². The van der Waals surface area contributed by atoms with Gasteiger partial charge in [-0.15, -0.1) is 0 Å². The largest absolute Gasteiger partial charge is 0.508 e. The topological polar surface area (TPSA) is 76.9 Å². The number of phenols is 2. The molecule has 0 bridgehead atoms. The van der Waals surface area contributed by atoms with Gasteiger partial charge in [-0.3, -0.25) is 5.43 Å². The van der Waals surface area contributed by atoms with Crippen LogP contribution >= 0.6 is 12.2 Å². The molecule has 114 valence electrons. The molecule has 0 saturated carbocycles. The van der Waals surface area contributed by atoms with E-state index in [0.29, 0.717) is 10.7 Å². The predicted molar refractivity (Wildman–Crippen MR) is 92.6 cm³/mol. The quantitative estimate of drug-likeness (QED) is 0.398. The van der Waals surface area contributed by atoms with Gasteiger partial charge in [-0.1, -0.05) is 17.7 Å². The maximum atomic E-state index is 9.63. The van der Waals surface area contributed by atoms with Crippen LogP contribution < -0.4 is 10.7 Å². The summed E-state index contributed by atoms with van der Waals surface area (Å²) in [4.78, 5) is 0. The van der Waals surface area contributed by atoms with Crippen molar-refractivity contribution < 1.29 is 10.2 Å². The Hall–Kier alpha value is -2.60. The first-order valence-electron chi connectivity index (χ1n) is 6.65. The van der Waals surface area contributed by atoms with Gasteiger partial charge in [-0.25, -0.2) is 0 Å². The van der Waals surface area contributed by atoms with Crippen molar-refractivity contribution in [2.24, 2.45) is 5.10 Å². The molecule has 0 radical (unpaired) electrons. The number of benzene rings is 2. The maximum absolute atomic E-state index is 9.63. The summed E-state index contributed by atoms with van der Waals surface area (Å²) in [6, 6.07) is 10.3. The van der Waals surface area contributed by atoms with Crippen LogP contribution in [-0.4, -0.2) is 21.5 Å². The monoisotopic (exact) mass is 315 g/mol. The molecule has 0 fully saturated rings. The molecule has 2 rings (SSSR count). The molecule has 0 saturated heterocycles. The van der Waals surface area contributed by atoms with Crippen molar-refractivity contribution in [1.29, 1.82) is 0 Å². The summed E-state index contributed by atoms with van der Waals surface area (Å²) in [7, 11) is 0. The van der Waals surface area contributed by atoms with E-state index in [-0.39, 0.29) is 11.5 Å². The van der Waals surface area contributed by atoms with Gasteiger partial charge in [-0.05, 0) is 49.8 Å². The van der Waals surface area contributed by atoms with Gasteiger partial charge >= 0.3 is 0 Å².